The van der Waals surface area contributed by atoms with Crippen LogP contribution < -0.4 is 0 Å². The van der Waals surface area contributed by atoms with Crippen molar-refractivity contribution < 1.29 is 0 Å². The molecule has 0 N–H and O–H groups in total. The fraction of sp³-hybridized carbons (Fsp3) is 0.444. The van der Waals surface area contributed by atoms with Crippen LogP contribution in [0.4, 0.5) is 0 Å². The molecule has 2 aromatic heterocycles. The van der Waals surface area contributed by atoms with Crippen LogP contribution in [0, 0.1) is 13.8 Å². The van der Waals surface area contributed by atoms with Gasteiger partial charge in [0, 0.05) is 6.20 Å². The molecule has 0 fully saturated rings. The van der Waals surface area contributed by atoms with Crippen molar-refractivity contribution in [3.8, 4) is 0 Å². The molecule has 0 aliphatic carbocycles. The van der Waals surface area contributed by atoms with Crippen LogP contribution in [0.15, 0.2) is 12.5 Å². The first-order valence-corrected chi connectivity index (χ1v) is 4.41. The molecular formula is C9H14N4. The summed E-state index contributed by atoms with van der Waals surface area (Å²) in [5.74, 6) is 0. The van der Waals surface area contributed by atoms with Crippen LogP contribution in [0.25, 0.3) is 5.65 Å². The first kappa shape index (κ1) is 9.64. The summed E-state index contributed by atoms with van der Waals surface area (Å²) < 4.78 is 1.78. The number of aromatic nitrogens is 4. The Hall–Kier alpha value is -1.45. The molecule has 2 rings (SSSR count). The first-order chi connectivity index (χ1) is 6.29. The van der Waals surface area contributed by atoms with Crippen molar-refractivity contribution in [1.82, 2.24) is 19.6 Å². The van der Waals surface area contributed by atoms with E-state index in [2.05, 4.69) is 15.1 Å². The number of nitrogens with zero attached hydrogens (tertiary/aromatic N) is 4. The molecule has 0 spiro atoms. The molecular weight excluding hydrogens is 164 g/mol. The number of aryl methyl sites for hydroxylation is 2. The number of hydrogen-bond acceptors (Lipinski definition) is 3. The summed E-state index contributed by atoms with van der Waals surface area (Å²) in [5.41, 5.74) is 2.75. The molecule has 0 aliphatic heterocycles. The molecule has 2 aromatic rings. The Balaban J connectivity index is 0.000000396. The van der Waals surface area contributed by atoms with Gasteiger partial charge in [-0.15, -0.1) is 0 Å². The van der Waals surface area contributed by atoms with Gasteiger partial charge >= 0.3 is 0 Å². The average molecular weight is 178 g/mol. The van der Waals surface area contributed by atoms with Gasteiger partial charge in [-0.05, 0) is 13.8 Å². The summed E-state index contributed by atoms with van der Waals surface area (Å²) in [6, 6.07) is 0. The molecule has 4 nitrogen and oxygen atoms in total. The van der Waals surface area contributed by atoms with Gasteiger partial charge in [0.25, 0.3) is 0 Å². The molecule has 4 heteroatoms. The molecule has 70 valence electrons. The maximum atomic E-state index is 4.16. The van der Waals surface area contributed by atoms with Crippen LogP contribution in [0.5, 0.6) is 0 Å². The maximum absolute atomic E-state index is 4.16. The van der Waals surface area contributed by atoms with Crippen LogP contribution >= 0.6 is 0 Å². The number of hydrogen-bond donors (Lipinski definition) is 0. The van der Waals surface area contributed by atoms with Gasteiger partial charge in [0.2, 0.25) is 0 Å². The normalized spacial score (nSPS) is 9.54. The lowest BCUT2D eigenvalue weighted by atomic mass is 10.4. The van der Waals surface area contributed by atoms with Crippen LogP contribution in [-0.4, -0.2) is 19.6 Å². The monoisotopic (exact) mass is 178 g/mol. The summed E-state index contributed by atoms with van der Waals surface area (Å²) in [7, 11) is 0. The van der Waals surface area contributed by atoms with Gasteiger partial charge in [0.1, 0.15) is 6.33 Å². The molecule has 0 radical (unpaired) electrons. The van der Waals surface area contributed by atoms with Crippen molar-refractivity contribution >= 4 is 5.65 Å². The van der Waals surface area contributed by atoms with E-state index in [1.54, 1.807) is 10.7 Å². The van der Waals surface area contributed by atoms with E-state index in [4.69, 9.17) is 0 Å². The lowest BCUT2D eigenvalue weighted by Crippen LogP contribution is -1.97. The van der Waals surface area contributed by atoms with Crippen LogP contribution in [0.3, 0.4) is 0 Å². The summed E-state index contributed by atoms with van der Waals surface area (Å²) in [6.45, 7) is 7.87. The third kappa shape index (κ3) is 1.66. The molecule has 13 heavy (non-hydrogen) atoms. The van der Waals surface area contributed by atoms with Crippen molar-refractivity contribution in [1.29, 1.82) is 0 Å². The zero-order chi connectivity index (χ0) is 9.84. The van der Waals surface area contributed by atoms with Crippen molar-refractivity contribution in [2.75, 3.05) is 0 Å². The number of fused-ring (bicyclic) bond motifs is 1. The smallest absolute Gasteiger partial charge is 0.176 e. The average Bonchev–Trinajstić information content (AvgIpc) is 2.64. The minimum absolute atomic E-state index is 0.838. The van der Waals surface area contributed by atoms with E-state index in [1.165, 1.54) is 6.33 Å². The summed E-state index contributed by atoms with van der Waals surface area (Å²) in [4.78, 5) is 8.22. The van der Waals surface area contributed by atoms with Gasteiger partial charge in [-0.1, -0.05) is 13.8 Å². The van der Waals surface area contributed by atoms with Crippen molar-refractivity contribution in [2.45, 2.75) is 27.7 Å². The zero-order valence-electron chi connectivity index (χ0n) is 8.44. The maximum Gasteiger partial charge on any atom is 0.176 e. The summed E-state index contributed by atoms with van der Waals surface area (Å²) >= 11 is 0. The van der Waals surface area contributed by atoms with Gasteiger partial charge in [0.15, 0.2) is 5.65 Å². The predicted molar refractivity (Wildman–Crippen MR) is 51.6 cm³/mol. The van der Waals surface area contributed by atoms with Crippen molar-refractivity contribution in [3.63, 3.8) is 0 Å². The Morgan fingerprint density at radius 1 is 1.15 bits per heavy atom. The second-order valence-corrected chi connectivity index (χ2v) is 2.48. The highest BCUT2D eigenvalue weighted by atomic mass is 15.3. The SMILES string of the molecule is CC.Cc1ncc(C)n2ncnc12. The van der Waals surface area contributed by atoms with E-state index in [-0.39, 0.29) is 0 Å². The number of rotatable bonds is 0. The van der Waals surface area contributed by atoms with Crippen LogP contribution in [0.2, 0.25) is 0 Å². The summed E-state index contributed by atoms with van der Waals surface area (Å²) in [6.07, 6.45) is 3.33. The van der Waals surface area contributed by atoms with Crippen molar-refractivity contribution in [3.05, 3.63) is 23.9 Å². The van der Waals surface area contributed by atoms with E-state index >= 15 is 0 Å². The van der Waals surface area contributed by atoms with E-state index in [0.717, 1.165) is 17.0 Å². The molecule has 0 aromatic carbocycles. The molecule has 0 atom stereocenters. The fourth-order valence-corrected chi connectivity index (χ4v) is 1.05. The highest BCUT2D eigenvalue weighted by Gasteiger charge is 2.01. The topological polar surface area (TPSA) is 43.1 Å². The first-order valence-electron chi connectivity index (χ1n) is 4.41. The Kier molecular flexibility index (Phi) is 2.95. The molecule has 0 saturated heterocycles. The highest BCUT2D eigenvalue weighted by molar-refractivity contribution is 5.41. The Labute approximate surface area is 77.6 Å². The van der Waals surface area contributed by atoms with E-state index < -0.39 is 0 Å². The standard InChI is InChI=1S/C7H8N4.C2H6/c1-5-3-8-6(2)7-9-4-10-11(5)7;1-2/h3-4H,1-2H3;1-2H3. The Morgan fingerprint density at radius 3 is 2.46 bits per heavy atom. The quantitative estimate of drug-likeness (QED) is 0.617. The fourth-order valence-electron chi connectivity index (χ4n) is 1.05. The van der Waals surface area contributed by atoms with E-state index in [0.29, 0.717) is 0 Å². The third-order valence-electron chi connectivity index (χ3n) is 1.65. The molecule has 0 aliphatic rings. The van der Waals surface area contributed by atoms with Gasteiger partial charge in [-0.2, -0.15) is 5.10 Å². The van der Waals surface area contributed by atoms with Crippen molar-refractivity contribution in [2.24, 2.45) is 0 Å². The van der Waals surface area contributed by atoms with Crippen LogP contribution in [0.1, 0.15) is 25.2 Å². The zero-order valence-corrected chi connectivity index (χ0v) is 8.44. The lowest BCUT2D eigenvalue weighted by Gasteiger charge is -1.97. The molecule has 2 heterocycles. The van der Waals surface area contributed by atoms with Gasteiger partial charge in [-0.25, -0.2) is 9.50 Å². The van der Waals surface area contributed by atoms with E-state index in [9.17, 15) is 0 Å². The van der Waals surface area contributed by atoms with E-state index in [1.807, 2.05) is 27.7 Å². The molecule has 0 unspecified atom stereocenters. The summed E-state index contributed by atoms with van der Waals surface area (Å²) in [5, 5.41) is 4.04. The minimum Gasteiger partial charge on any atom is -0.256 e. The Morgan fingerprint density at radius 2 is 1.85 bits per heavy atom. The minimum atomic E-state index is 0.838. The predicted octanol–water partition coefficient (Wildman–Crippen LogP) is 1.77. The van der Waals surface area contributed by atoms with Gasteiger partial charge in [-0.3, -0.25) is 4.98 Å². The molecule has 0 amide bonds. The van der Waals surface area contributed by atoms with Gasteiger partial charge in [0.05, 0.1) is 11.4 Å². The lowest BCUT2D eigenvalue weighted by molar-refractivity contribution is 0.888. The molecule has 0 bridgehead atoms. The molecule has 0 saturated carbocycles. The second kappa shape index (κ2) is 3.98. The second-order valence-electron chi connectivity index (χ2n) is 2.48. The van der Waals surface area contributed by atoms with Crippen LogP contribution in [-0.2, 0) is 0 Å². The highest BCUT2D eigenvalue weighted by Crippen LogP contribution is 2.04. The largest absolute Gasteiger partial charge is 0.256 e. The van der Waals surface area contributed by atoms with Gasteiger partial charge < -0.3 is 0 Å². The Bertz CT molecular complexity index is 355. The third-order valence-corrected chi connectivity index (χ3v) is 1.65.